The Morgan fingerprint density at radius 1 is 1.07 bits per heavy atom. The maximum atomic E-state index is 13.2. The molecule has 3 heterocycles. The molecule has 0 unspecified atom stereocenters. The second-order valence-corrected chi connectivity index (χ2v) is 10.1. The monoisotopic (exact) mass is 437 g/mol. The molecule has 29 heavy (non-hydrogen) atoms. The molecule has 1 aromatic carbocycles. The quantitative estimate of drug-likeness (QED) is 0.721. The average Bonchev–Trinajstić information content (AvgIpc) is 3.41. The second kappa shape index (κ2) is 8.51. The molecule has 2 aliphatic rings. The fraction of sp³-hybridized carbons (Fsp3) is 0.450. The second-order valence-electron chi connectivity index (χ2n) is 7.46. The predicted molar refractivity (Wildman–Crippen MR) is 109 cm³/mol. The predicted octanol–water partition coefficient (Wildman–Crippen LogP) is 2.38. The van der Waals surface area contributed by atoms with Gasteiger partial charge in [0, 0.05) is 39.3 Å². The molecule has 0 bridgehead atoms. The van der Waals surface area contributed by atoms with E-state index in [1.54, 1.807) is 16.2 Å². The molecule has 1 amide bonds. The van der Waals surface area contributed by atoms with E-state index < -0.39 is 21.9 Å². The lowest BCUT2D eigenvalue weighted by atomic mass is 10.2. The van der Waals surface area contributed by atoms with Gasteiger partial charge >= 0.3 is 0 Å². The van der Waals surface area contributed by atoms with E-state index in [0.29, 0.717) is 32.5 Å². The molecule has 1 aromatic heterocycles. The van der Waals surface area contributed by atoms with Crippen molar-refractivity contribution >= 4 is 27.3 Å². The highest BCUT2D eigenvalue weighted by molar-refractivity contribution is 7.89. The summed E-state index contributed by atoms with van der Waals surface area (Å²) in [6.07, 6.45) is 1.17. The van der Waals surface area contributed by atoms with Crippen molar-refractivity contribution in [2.24, 2.45) is 0 Å². The maximum absolute atomic E-state index is 13.2. The topological polar surface area (TPSA) is 60.9 Å². The van der Waals surface area contributed by atoms with Gasteiger partial charge in [-0.15, -0.1) is 0 Å². The Morgan fingerprint density at radius 2 is 1.79 bits per heavy atom. The number of nitrogens with zero attached hydrogens (tertiary/aromatic N) is 3. The summed E-state index contributed by atoms with van der Waals surface area (Å²) in [5.41, 5.74) is 1.28. The molecule has 6 nitrogen and oxygen atoms in total. The Hall–Kier alpha value is -1.81. The van der Waals surface area contributed by atoms with Crippen molar-refractivity contribution in [1.82, 2.24) is 14.1 Å². The number of rotatable bonds is 5. The normalized spacial score (nSPS) is 21.6. The standard InChI is InChI=1S/C20H24FN3O3S2/c21-17-3-5-18(6-4-17)29(26,27)24-8-1-2-19(24)20(25)23-11-9-22(10-12-23)14-16-7-13-28-15-16/h3-7,13,15,19H,1-2,8-12,14H2/t19-/m0/s1. The number of hydrogen-bond acceptors (Lipinski definition) is 5. The van der Waals surface area contributed by atoms with Gasteiger partial charge in [-0.25, -0.2) is 12.8 Å². The summed E-state index contributed by atoms with van der Waals surface area (Å²) < 4.78 is 40.5. The van der Waals surface area contributed by atoms with Crippen molar-refractivity contribution in [2.45, 2.75) is 30.3 Å². The number of piperazine rings is 1. The van der Waals surface area contributed by atoms with E-state index in [1.807, 2.05) is 0 Å². The Bertz CT molecular complexity index is 940. The van der Waals surface area contributed by atoms with E-state index in [9.17, 15) is 17.6 Å². The van der Waals surface area contributed by atoms with Crippen molar-refractivity contribution in [3.05, 3.63) is 52.5 Å². The van der Waals surface area contributed by atoms with E-state index in [4.69, 9.17) is 0 Å². The van der Waals surface area contributed by atoms with Crippen molar-refractivity contribution in [3.8, 4) is 0 Å². The molecular weight excluding hydrogens is 413 g/mol. The van der Waals surface area contributed by atoms with Gasteiger partial charge < -0.3 is 4.90 Å². The van der Waals surface area contributed by atoms with Gasteiger partial charge in [-0.3, -0.25) is 9.69 Å². The van der Waals surface area contributed by atoms with Crippen LogP contribution in [0.2, 0.25) is 0 Å². The molecule has 2 aromatic rings. The van der Waals surface area contributed by atoms with Crippen LogP contribution in [0.5, 0.6) is 0 Å². The van der Waals surface area contributed by atoms with Gasteiger partial charge in [-0.1, -0.05) is 0 Å². The van der Waals surface area contributed by atoms with Crippen LogP contribution in [0.3, 0.4) is 0 Å². The van der Waals surface area contributed by atoms with Crippen LogP contribution >= 0.6 is 11.3 Å². The first-order valence-electron chi connectivity index (χ1n) is 9.75. The summed E-state index contributed by atoms with van der Waals surface area (Å²) in [5, 5.41) is 4.19. The van der Waals surface area contributed by atoms with E-state index in [1.165, 1.54) is 22.0 Å². The number of thiophene rings is 1. The fourth-order valence-electron chi connectivity index (χ4n) is 3.99. The van der Waals surface area contributed by atoms with Crippen LogP contribution in [0.15, 0.2) is 46.0 Å². The number of benzene rings is 1. The fourth-order valence-corrected chi connectivity index (χ4v) is 6.31. The molecule has 4 rings (SSSR count). The van der Waals surface area contributed by atoms with E-state index in [0.717, 1.165) is 31.8 Å². The molecule has 0 N–H and O–H groups in total. The minimum Gasteiger partial charge on any atom is -0.339 e. The number of carbonyl (C=O) groups excluding carboxylic acids is 1. The number of amides is 1. The smallest absolute Gasteiger partial charge is 0.243 e. The molecule has 0 radical (unpaired) electrons. The molecule has 0 saturated carbocycles. The van der Waals surface area contributed by atoms with Crippen LogP contribution in [0.1, 0.15) is 18.4 Å². The Labute approximate surface area is 174 Å². The molecule has 1 atom stereocenters. The minimum atomic E-state index is -3.82. The number of hydrogen-bond donors (Lipinski definition) is 0. The molecule has 0 spiro atoms. The first-order valence-corrected chi connectivity index (χ1v) is 12.1. The highest BCUT2D eigenvalue weighted by Crippen LogP contribution is 2.28. The third kappa shape index (κ3) is 4.37. The average molecular weight is 438 g/mol. The summed E-state index contributed by atoms with van der Waals surface area (Å²) in [6.45, 7) is 3.94. The summed E-state index contributed by atoms with van der Waals surface area (Å²) in [4.78, 5) is 17.2. The van der Waals surface area contributed by atoms with Crippen LogP contribution in [-0.2, 0) is 21.4 Å². The largest absolute Gasteiger partial charge is 0.339 e. The van der Waals surface area contributed by atoms with Crippen LogP contribution in [0.25, 0.3) is 0 Å². The lowest BCUT2D eigenvalue weighted by Crippen LogP contribution is -2.54. The molecule has 9 heteroatoms. The SMILES string of the molecule is O=C([C@@H]1CCCN1S(=O)(=O)c1ccc(F)cc1)N1CCN(Cc2ccsc2)CC1. The molecular formula is C20H24FN3O3S2. The third-order valence-corrected chi connectivity index (χ3v) is 8.23. The zero-order chi connectivity index (χ0) is 20.4. The lowest BCUT2D eigenvalue weighted by molar-refractivity contribution is -0.136. The summed E-state index contributed by atoms with van der Waals surface area (Å²) in [5.74, 6) is -0.610. The van der Waals surface area contributed by atoms with Gasteiger partial charge in [0.05, 0.1) is 4.90 Å². The van der Waals surface area contributed by atoms with Crippen molar-refractivity contribution < 1.29 is 17.6 Å². The molecule has 2 fully saturated rings. The number of carbonyl (C=O) groups is 1. The minimum absolute atomic E-state index is 0.0270. The van der Waals surface area contributed by atoms with E-state index in [2.05, 4.69) is 21.7 Å². The molecule has 156 valence electrons. The Kier molecular flexibility index (Phi) is 6.00. The van der Waals surface area contributed by atoms with Crippen LogP contribution in [0, 0.1) is 5.82 Å². The van der Waals surface area contributed by atoms with Crippen molar-refractivity contribution in [3.63, 3.8) is 0 Å². The van der Waals surface area contributed by atoms with Crippen LogP contribution in [0.4, 0.5) is 4.39 Å². The summed E-state index contributed by atoms with van der Waals surface area (Å²) in [6, 6.07) is 6.22. The van der Waals surface area contributed by atoms with Gasteiger partial charge in [0.25, 0.3) is 0 Å². The van der Waals surface area contributed by atoms with Crippen LogP contribution < -0.4 is 0 Å². The Balaban J connectivity index is 1.41. The molecule has 2 saturated heterocycles. The highest BCUT2D eigenvalue weighted by atomic mass is 32.2. The third-order valence-electron chi connectivity index (χ3n) is 5.58. The van der Waals surface area contributed by atoms with Gasteiger partial charge in [0.15, 0.2) is 0 Å². The molecule has 0 aliphatic carbocycles. The van der Waals surface area contributed by atoms with Gasteiger partial charge in [-0.05, 0) is 59.5 Å². The maximum Gasteiger partial charge on any atom is 0.243 e. The molecule has 2 aliphatic heterocycles. The first kappa shape index (κ1) is 20.5. The summed E-state index contributed by atoms with van der Waals surface area (Å²) >= 11 is 1.68. The number of halogens is 1. The van der Waals surface area contributed by atoms with Gasteiger partial charge in [0.2, 0.25) is 15.9 Å². The summed E-state index contributed by atoms with van der Waals surface area (Å²) in [7, 11) is -3.82. The lowest BCUT2D eigenvalue weighted by Gasteiger charge is -2.37. The Morgan fingerprint density at radius 3 is 2.45 bits per heavy atom. The number of sulfonamides is 1. The zero-order valence-electron chi connectivity index (χ0n) is 16.0. The van der Waals surface area contributed by atoms with Gasteiger partial charge in [0.1, 0.15) is 11.9 Å². The first-order chi connectivity index (χ1) is 13.9. The van der Waals surface area contributed by atoms with Crippen molar-refractivity contribution in [1.29, 1.82) is 0 Å². The van der Waals surface area contributed by atoms with Gasteiger partial charge in [-0.2, -0.15) is 15.6 Å². The van der Waals surface area contributed by atoms with E-state index >= 15 is 0 Å². The van der Waals surface area contributed by atoms with E-state index in [-0.39, 0.29) is 10.8 Å². The van der Waals surface area contributed by atoms with Crippen molar-refractivity contribution in [2.75, 3.05) is 32.7 Å². The zero-order valence-corrected chi connectivity index (χ0v) is 17.7. The van der Waals surface area contributed by atoms with Crippen LogP contribution in [-0.4, -0.2) is 67.2 Å². The highest BCUT2D eigenvalue weighted by Gasteiger charge is 2.41.